The molecule has 0 aromatic heterocycles. The third-order valence-electron chi connectivity index (χ3n) is 4.83. The van der Waals surface area contributed by atoms with Gasteiger partial charge in [0, 0.05) is 12.2 Å². The summed E-state index contributed by atoms with van der Waals surface area (Å²) in [6.07, 6.45) is 6.50. The van der Waals surface area contributed by atoms with Crippen molar-refractivity contribution in [2.75, 3.05) is 26.4 Å². The van der Waals surface area contributed by atoms with E-state index in [1.165, 1.54) is 0 Å². The highest BCUT2D eigenvalue weighted by atomic mass is 31.2. The van der Waals surface area contributed by atoms with Crippen LogP contribution in [-0.2, 0) is 32.7 Å². The zero-order valence-electron chi connectivity index (χ0n) is 20.1. The van der Waals surface area contributed by atoms with Gasteiger partial charge in [0.25, 0.3) is 0 Å². The van der Waals surface area contributed by atoms with Gasteiger partial charge in [-0.3, -0.25) is 4.57 Å². The van der Waals surface area contributed by atoms with Crippen molar-refractivity contribution in [1.29, 1.82) is 0 Å². The average Bonchev–Trinajstić information content (AvgIpc) is 2.76. The van der Waals surface area contributed by atoms with Crippen LogP contribution in [0.25, 0.3) is 0 Å². The minimum absolute atomic E-state index is 0.275. The van der Waals surface area contributed by atoms with Crippen molar-refractivity contribution in [2.24, 2.45) is 0 Å². The van der Waals surface area contributed by atoms with E-state index in [2.05, 4.69) is 13.2 Å². The molecule has 8 heteroatoms. The molecule has 33 heavy (non-hydrogen) atoms. The van der Waals surface area contributed by atoms with Gasteiger partial charge in [0.05, 0.1) is 31.7 Å². The monoisotopic (exact) mass is 480 g/mol. The van der Waals surface area contributed by atoms with E-state index < -0.39 is 19.5 Å². The Labute approximate surface area is 197 Å². The lowest BCUT2D eigenvalue weighted by Crippen LogP contribution is -2.18. The molecule has 0 aliphatic heterocycles. The molecule has 0 aliphatic carbocycles. The maximum absolute atomic E-state index is 13.8. The lowest BCUT2D eigenvalue weighted by molar-refractivity contribution is -0.138. The lowest BCUT2D eigenvalue weighted by atomic mass is 10.1. The number of rotatable bonds is 17. The first-order valence-electron chi connectivity index (χ1n) is 11.3. The number of ether oxygens (including phenoxy) is 2. The highest BCUT2D eigenvalue weighted by Gasteiger charge is 2.31. The van der Waals surface area contributed by atoms with E-state index in [0.29, 0.717) is 44.2 Å². The van der Waals surface area contributed by atoms with Gasteiger partial charge in [0.1, 0.15) is 0 Å². The standard InChI is InChI=1S/C25H37O7P/c1-6-23(26)29-14-10-8-12-16-31-33(28,25-21(4)18-20(3)19-22(25)5)32-17-13-9-11-15-30-24(27)7-2/h6-7,18-19H,1-2,8-17H2,3-5H3. The van der Waals surface area contributed by atoms with Crippen LogP contribution >= 0.6 is 7.60 Å². The molecule has 0 atom stereocenters. The van der Waals surface area contributed by atoms with Crippen LogP contribution in [0, 0.1) is 20.8 Å². The normalized spacial score (nSPS) is 11.1. The first-order chi connectivity index (χ1) is 15.7. The quantitative estimate of drug-likeness (QED) is 0.130. The number of esters is 2. The number of unbranched alkanes of at least 4 members (excludes halogenated alkanes) is 4. The summed E-state index contributed by atoms with van der Waals surface area (Å²) in [4.78, 5) is 22.1. The van der Waals surface area contributed by atoms with Gasteiger partial charge in [-0.05, 0) is 70.4 Å². The summed E-state index contributed by atoms with van der Waals surface area (Å²) in [5.41, 5.74) is 2.84. The Morgan fingerprint density at radius 1 is 0.758 bits per heavy atom. The van der Waals surface area contributed by atoms with Crippen LogP contribution in [0.2, 0.25) is 0 Å². The first kappa shape index (κ1) is 28.8. The molecule has 0 amide bonds. The number of aryl methyl sites for hydroxylation is 3. The van der Waals surface area contributed by atoms with E-state index in [9.17, 15) is 14.2 Å². The zero-order chi connectivity index (χ0) is 24.7. The van der Waals surface area contributed by atoms with Crippen molar-refractivity contribution in [3.8, 4) is 0 Å². The summed E-state index contributed by atoms with van der Waals surface area (Å²) < 4.78 is 35.4. The number of carbonyl (C=O) groups is 2. The molecule has 0 unspecified atom stereocenters. The molecule has 0 bridgehead atoms. The second-order valence-electron chi connectivity index (χ2n) is 7.78. The maximum atomic E-state index is 13.8. The van der Waals surface area contributed by atoms with Gasteiger partial charge in [-0.1, -0.05) is 30.9 Å². The second-order valence-corrected chi connectivity index (χ2v) is 9.73. The van der Waals surface area contributed by atoms with Crippen molar-refractivity contribution in [2.45, 2.75) is 59.3 Å². The Kier molecular flexibility index (Phi) is 13.6. The summed E-state index contributed by atoms with van der Waals surface area (Å²) in [5, 5.41) is 0.618. The molecule has 0 radical (unpaired) electrons. The van der Waals surface area contributed by atoms with Gasteiger partial charge in [-0.25, -0.2) is 9.59 Å². The molecule has 0 heterocycles. The highest BCUT2D eigenvalue weighted by Crippen LogP contribution is 2.49. The van der Waals surface area contributed by atoms with Crippen molar-refractivity contribution >= 4 is 24.8 Å². The topological polar surface area (TPSA) is 88.1 Å². The van der Waals surface area contributed by atoms with Gasteiger partial charge in [-0.2, -0.15) is 0 Å². The van der Waals surface area contributed by atoms with Crippen LogP contribution in [0.3, 0.4) is 0 Å². The molecule has 0 saturated heterocycles. The first-order valence-corrected chi connectivity index (χ1v) is 12.8. The Morgan fingerprint density at radius 2 is 1.15 bits per heavy atom. The van der Waals surface area contributed by atoms with Gasteiger partial charge < -0.3 is 18.5 Å². The third kappa shape index (κ3) is 11.0. The van der Waals surface area contributed by atoms with Crippen LogP contribution in [-0.4, -0.2) is 38.4 Å². The smallest absolute Gasteiger partial charge is 0.361 e. The van der Waals surface area contributed by atoms with Crippen LogP contribution in [0.4, 0.5) is 0 Å². The molecule has 0 fully saturated rings. The minimum Gasteiger partial charge on any atom is -0.463 e. The highest BCUT2D eigenvalue weighted by molar-refractivity contribution is 7.62. The minimum atomic E-state index is -3.52. The molecule has 0 spiro atoms. The zero-order valence-corrected chi connectivity index (χ0v) is 21.0. The van der Waals surface area contributed by atoms with Crippen LogP contribution in [0.5, 0.6) is 0 Å². The molecule has 1 aromatic rings. The third-order valence-corrected chi connectivity index (χ3v) is 7.13. The fourth-order valence-electron chi connectivity index (χ4n) is 3.37. The molecule has 0 aliphatic rings. The Hall–Kier alpha value is -2.21. The van der Waals surface area contributed by atoms with E-state index in [1.54, 1.807) is 0 Å². The molecule has 1 rings (SSSR count). The fourth-order valence-corrected chi connectivity index (χ4v) is 5.43. The van der Waals surface area contributed by atoms with E-state index in [0.717, 1.165) is 41.7 Å². The summed E-state index contributed by atoms with van der Waals surface area (Å²) in [7, 11) is -3.52. The van der Waals surface area contributed by atoms with Crippen molar-refractivity contribution < 1.29 is 32.7 Å². The molecular weight excluding hydrogens is 443 g/mol. The summed E-state index contributed by atoms with van der Waals surface area (Å²) >= 11 is 0. The van der Waals surface area contributed by atoms with Crippen LogP contribution < -0.4 is 5.30 Å². The van der Waals surface area contributed by atoms with E-state index in [-0.39, 0.29) is 13.2 Å². The van der Waals surface area contributed by atoms with Crippen molar-refractivity contribution in [1.82, 2.24) is 0 Å². The number of benzene rings is 1. The molecule has 1 aromatic carbocycles. The molecule has 7 nitrogen and oxygen atoms in total. The molecule has 184 valence electrons. The summed E-state index contributed by atoms with van der Waals surface area (Å²) in [5.74, 6) is -0.873. The SMILES string of the molecule is C=CC(=O)OCCCCCOP(=O)(OCCCCCOC(=O)C=C)c1c(C)cc(C)cc1C. The number of hydrogen-bond acceptors (Lipinski definition) is 7. The molecule has 0 N–H and O–H groups in total. The van der Waals surface area contributed by atoms with Gasteiger partial charge in [0.2, 0.25) is 0 Å². The van der Waals surface area contributed by atoms with E-state index in [4.69, 9.17) is 18.5 Å². The second kappa shape index (κ2) is 15.6. The maximum Gasteiger partial charge on any atom is 0.361 e. The van der Waals surface area contributed by atoms with E-state index >= 15 is 0 Å². The van der Waals surface area contributed by atoms with Gasteiger partial charge in [0.15, 0.2) is 0 Å². The summed E-state index contributed by atoms with van der Waals surface area (Å²) in [6.45, 7) is 13.7. The average molecular weight is 481 g/mol. The molecule has 0 saturated carbocycles. The van der Waals surface area contributed by atoms with Crippen molar-refractivity contribution in [3.05, 3.63) is 54.1 Å². The number of hydrogen-bond donors (Lipinski definition) is 0. The van der Waals surface area contributed by atoms with Crippen LogP contribution in [0.1, 0.15) is 55.2 Å². The Bertz CT molecular complexity index is 786. The lowest BCUT2D eigenvalue weighted by Gasteiger charge is -2.23. The van der Waals surface area contributed by atoms with E-state index in [1.807, 2.05) is 32.9 Å². The Morgan fingerprint density at radius 3 is 1.55 bits per heavy atom. The van der Waals surface area contributed by atoms with Gasteiger partial charge in [-0.15, -0.1) is 0 Å². The predicted molar refractivity (Wildman–Crippen MR) is 130 cm³/mol. The van der Waals surface area contributed by atoms with Gasteiger partial charge >= 0.3 is 19.5 Å². The van der Waals surface area contributed by atoms with Crippen molar-refractivity contribution in [3.63, 3.8) is 0 Å². The predicted octanol–water partition coefficient (Wildman–Crippen LogP) is 5.26. The summed E-state index contributed by atoms with van der Waals surface area (Å²) in [6, 6.07) is 3.95. The number of carbonyl (C=O) groups excluding carboxylic acids is 2. The largest absolute Gasteiger partial charge is 0.463 e. The molecular formula is C25H37O7P. The Balaban J connectivity index is 2.62. The fraction of sp³-hybridized carbons (Fsp3) is 0.520. The van der Waals surface area contributed by atoms with Crippen LogP contribution in [0.15, 0.2) is 37.4 Å².